The molecule has 1 unspecified atom stereocenters. The molecule has 1 atom stereocenters. The monoisotopic (exact) mass is 239 g/mol. The molecule has 17 heavy (non-hydrogen) atoms. The van der Waals surface area contributed by atoms with E-state index in [9.17, 15) is 9.90 Å². The molecule has 1 aromatic rings. The summed E-state index contributed by atoms with van der Waals surface area (Å²) in [6, 6.07) is 2.99. The minimum Gasteiger partial charge on any atom is -0.504 e. The molecule has 0 fully saturated rings. The highest BCUT2D eigenvalue weighted by Crippen LogP contribution is 2.27. The second-order valence-corrected chi connectivity index (χ2v) is 4.76. The van der Waals surface area contributed by atoms with E-state index in [1.54, 1.807) is 20.8 Å². The number of carbonyl (C=O) groups excluding carboxylic acids is 1. The molecule has 0 aliphatic heterocycles. The van der Waals surface area contributed by atoms with Crippen LogP contribution in [0.25, 0.3) is 0 Å². The number of hydrogen-bond donors (Lipinski definition) is 3. The topological polar surface area (TPSA) is 92.8 Å². The van der Waals surface area contributed by atoms with Crippen LogP contribution in [0.1, 0.15) is 32.4 Å². The van der Waals surface area contributed by atoms with E-state index in [0.717, 1.165) is 0 Å². The molecule has 5 heteroatoms. The number of phenols is 2. The summed E-state index contributed by atoms with van der Waals surface area (Å²) in [7, 11) is 0. The molecule has 0 aromatic heterocycles. The summed E-state index contributed by atoms with van der Waals surface area (Å²) >= 11 is 0. The summed E-state index contributed by atoms with van der Waals surface area (Å²) in [6.45, 7) is 5.23. The van der Waals surface area contributed by atoms with Crippen molar-refractivity contribution in [3.8, 4) is 11.5 Å². The van der Waals surface area contributed by atoms with Gasteiger partial charge in [0, 0.05) is 0 Å². The van der Waals surface area contributed by atoms with Crippen LogP contribution in [-0.2, 0) is 9.53 Å². The van der Waals surface area contributed by atoms with Crippen LogP contribution >= 0.6 is 0 Å². The van der Waals surface area contributed by atoms with Crippen molar-refractivity contribution < 1.29 is 19.7 Å². The lowest BCUT2D eigenvalue weighted by Crippen LogP contribution is -2.31. The molecule has 0 radical (unpaired) electrons. The molecule has 0 saturated carbocycles. The van der Waals surface area contributed by atoms with E-state index in [-0.39, 0.29) is 11.5 Å². The molecule has 0 saturated heterocycles. The zero-order valence-electron chi connectivity index (χ0n) is 10.1. The molecule has 0 spiro atoms. The molecule has 94 valence electrons. The lowest BCUT2D eigenvalue weighted by atomic mass is 10.1. The van der Waals surface area contributed by atoms with Gasteiger partial charge in [-0.1, -0.05) is 6.07 Å². The molecule has 0 heterocycles. The van der Waals surface area contributed by atoms with Gasteiger partial charge in [-0.2, -0.15) is 0 Å². The van der Waals surface area contributed by atoms with Crippen molar-refractivity contribution >= 4 is 5.97 Å². The van der Waals surface area contributed by atoms with Crippen molar-refractivity contribution in [3.05, 3.63) is 23.8 Å². The summed E-state index contributed by atoms with van der Waals surface area (Å²) in [6.07, 6.45) is 0. The first-order valence-electron chi connectivity index (χ1n) is 5.21. The molecule has 0 amide bonds. The van der Waals surface area contributed by atoms with Gasteiger partial charge in [-0.15, -0.1) is 0 Å². The quantitative estimate of drug-likeness (QED) is 0.536. The van der Waals surface area contributed by atoms with Gasteiger partial charge in [0.15, 0.2) is 11.5 Å². The standard InChI is InChI=1S/C12H17NO4/c1-12(2,3)17-11(16)10(13)7-4-5-8(14)9(15)6-7/h4-6,10,14-15H,13H2,1-3H3. The van der Waals surface area contributed by atoms with E-state index in [2.05, 4.69) is 0 Å². The van der Waals surface area contributed by atoms with Crippen molar-refractivity contribution in [1.82, 2.24) is 0 Å². The highest BCUT2D eigenvalue weighted by Gasteiger charge is 2.23. The predicted molar refractivity (Wildman–Crippen MR) is 62.5 cm³/mol. The predicted octanol–water partition coefficient (Wildman–Crippen LogP) is 1.44. The van der Waals surface area contributed by atoms with Gasteiger partial charge in [-0.3, -0.25) is 0 Å². The first-order valence-corrected chi connectivity index (χ1v) is 5.21. The lowest BCUT2D eigenvalue weighted by Gasteiger charge is -2.22. The summed E-state index contributed by atoms with van der Waals surface area (Å²) in [5.41, 5.74) is 5.46. The fourth-order valence-electron chi connectivity index (χ4n) is 1.24. The Morgan fingerprint density at radius 2 is 1.88 bits per heavy atom. The Labute approximate surface area is 99.8 Å². The van der Waals surface area contributed by atoms with Crippen LogP contribution in [0, 0.1) is 0 Å². The minimum atomic E-state index is -0.985. The molecular formula is C12H17NO4. The Morgan fingerprint density at radius 1 is 1.29 bits per heavy atom. The molecule has 0 aliphatic rings. The van der Waals surface area contributed by atoms with Gasteiger partial charge in [0.1, 0.15) is 11.6 Å². The van der Waals surface area contributed by atoms with Crippen LogP contribution in [-0.4, -0.2) is 21.8 Å². The lowest BCUT2D eigenvalue weighted by molar-refractivity contribution is -0.156. The number of hydrogen-bond acceptors (Lipinski definition) is 5. The van der Waals surface area contributed by atoms with Crippen molar-refractivity contribution in [2.75, 3.05) is 0 Å². The van der Waals surface area contributed by atoms with Crippen LogP contribution in [0.2, 0.25) is 0 Å². The van der Waals surface area contributed by atoms with Gasteiger partial charge in [0.2, 0.25) is 0 Å². The second kappa shape index (κ2) is 4.63. The van der Waals surface area contributed by atoms with Gasteiger partial charge >= 0.3 is 5.97 Å². The van der Waals surface area contributed by atoms with E-state index in [1.807, 2.05) is 0 Å². The van der Waals surface area contributed by atoms with E-state index in [1.165, 1.54) is 18.2 Å². The minimum absolute atomic E-state index is 0.259. The first-order chi connectivity index (χ1) is 7.70. The van der Waals surface area contributed by atoms with Crippen LogP contribution in [0.15, 0.2) is 18.2 Å². The number of esters is 1. The van der Waals surface area contributed by atoms with E-state index in [0.29, 0.717) is 5.56 Å². The Kier molecular flexibility index (Phi) is 3.63. The molecule has 0 aliphatic carbocycles. The van der Waals surface area contributed by atoms with Crippen molar-refractivity contribution in [3.63, 3.8) is 0 Å². The highest BCUT2D eigenvalue weighted by atomic mass is 16.6. The number of carbonyl (C=O) groups is 1. The average molecular weight is 239 g/mol. The highest BCUT2D eigenvalue weighted by molar-refractivity contribution is 5.78. The van der Waals surface area contributed by atoms with Crippen LogP contribution in [0.4, 0.5) is 0 Å². The molecule has 5 nitrogen and oxygen atoms in total. The van der Waals surface area contributed by atoms with Gasteiger partial charge in [0.05, 0.1) is 0 Å². The summed E-state index contributed by atoms with van der Waals surface area (Å²) in [4.78, 5) is 11.7. The molecule has 4 N–H and O–H groups in total. The van der Waals surface area contributed by atoms with Crippen molar-refractivity contribution in [1.29, 1.82) is 0 Å². The third-order valence-corrected chi connectivity index (χ3v) is 2.02. The van der Waals surface area contributed by atoms with Crippen molar-refractivity contribution in [2.45, 2.75) is 32.4 Å². The van der Waals surface area contributed by atoms with Crippen LogP contribution < -0.4 is 5.73 Å². The maximum Gasteiger partial charge on any atom is 0.328 e. The van der Waals surface area contributed by atoms with E-state index < -0.39 is 17.6 Å². The molecule has 1 aromatic carbocycles. The normalized spacial score (nSPS) is 13.2. The Balaban J connectivity index is 2.85. The maximum atomic E-state index is 11.7. The third-order valence-electron chi connectivity index (χ3n) is 2.02. The smallest absolute Gasteiger partial charge is 0.328 e. The Hall–Kier alpha value is -1.75. The summed E-state index contributed by atoms with van der Waals surface area (Å²) in [5, 5.41) is 18.4. The molecule has 0 bridgehead atoms. The maximum absolute atomic E-state index is 11.7. The zero-order chi connectivity index (χ0) is 13.2. The second-order valence-electron chi connectivity index (χ2n) is 4.76. The van der Waals surface area contributed by atoms with Gasteiger partial charge in [0.25, 0.3) is 0 Å². The number of aromatic hydroxyl groups is 2. The van der Waals surface area contributed by atoms with Gasteiger partial charge < -0.3 is 20.7 Å². The Bertz CT molecular complexity index is 423. The number of benzene rings is 1. The number of rotatable bonds is 2. The van der Waals surface area contributed by atoms with Gasteiger partial charge in [-0.05, 0) is 38.5 Å². The van der Waals surface area contributed by atoms with Gasteiger partial charge in [-0.25, -0.2) is 4.79 Å². The first kappa shape index (κ1) is 13.3. The van der Waals surface area contributed by atoms with Crippen LogP contribution in [0.5, 0.6) is 11.5 Å². The SMILES string of the molecule is CC(C)(C)OC(=O)C(N)c1ccc(O)c(O)c1. The Morgan fingerprint density at radius 3 is 2.35 bits per heavy atom. The molecular weight excluding hydrogens is 222 g/mol. The number of ether oxygens (including phenoxy) is 1. The van der Waals surface area contributed by atoms with Crippen molar-refractivity contribution in [2.24, 2.45) is 5.73 Å². The fraction of sp³-hybridized carbons (Fsp3) is 0.417. The van der Waals surface area contributed by atoms with Crippen LogP contribution in [0.3, 0.4) is 0 Å². The largest absolute Gasteiger partial charge is 0.504 e. The number of nitrogens with two attached hydrogens (primary N) is 1. The third kappa shape index (κ3) is 3.64. The molecule has 1 rings (SSSR count). The van der Waals surface area contributed by atoms with E-state index in [4.69, 9.17) is 15.6 Å². The average Bonchev–Trinajstić information content (AvgIpc) is 2.18. The number of phenolic OH excluding ortho intramolecular Hbond substituents is 2. The summed E-state index contributed by atoms with van der Waals surface area (Å²) in [5.74, 6) is -1.16. The zero-order valence-corrected chi connectivity index (χ0v) is 10.1. The summed E-state index contributed by atoms with van der Waals surface area (Å²) < 4.78 is 5.12. The fourth-order valence-corrected chi connectivity index (χ4v) is 1.24. The van der Waals surface area contributed by atoms with E-state index >= 15 is 0 Å².